The van der Waals surface area contributed by atoms with Crippen LogP contribution in [0.2, 0.25) is 0 Å². The number of hydrogen-bond donors (Lipinski definition) is 2. The molecule has 150 valence electrons. The van der Waals surface area contributed by atoms with Gasteiger partial charge in [-0.25, -0.2) is 14.8 Å². The molecule has 0 aliphatic carbocycles. The number of carbonyl (C=O) groups is 1. The first-order chi connectivity index (χ1) is 13.3. The van der Waals surface area contributed by atoms with E-state index in [4.69, 9.17) is 16.2 Å². The summed E-state index contributed by atoms with van der Waals surface area (Å²) in [5.74, 6) is 0.759. The SMILES string of the molecule is COc1nc(C)c(C)nc1N(C)C(=O)N1CCN(c2cc(N)cc(N)c2)CC1. The molecule has 1 aromatic heterocycles. The lowest BCUT2D eigenvalue weighted by molar-refractivity contribution is 0.202. The Bertz CT molecular complexity index is 859. The quantitative estimate of drug-likeness (QED) is 0.772. The maximum Gasteiger partial charge on any atom is 0.325 e. The largest absolute Gasteiger partial charge is 0.478 e. The molecule has 1 aliphatic heterocycles. The lowest BCUT2D eigenvalue weighted by Crippen LogP contribution is -2.52. The van der Waals surface area contributed by atoms with E-state index in [1.54, 1.807) is 18.0 Å². The first-order valence-electron chi connectivity index (χ1n) is 9.13. The summed E-state index contributed by atoms with van der Waals surface area (Å²) < 4.78 is 5.32. The lowest BCUT2D eigenvalue weighted by Gasteiger charge is -2.37. The molecule has 1 aromatic carbocycles. The second-order valence-electron chi connectivity index (χ2n) is 6.90. The smallest absolute Gasteiger partial charge is 0.325 e. The predicted octanol–water partition coefficient (Wildman–Crippen LogP) is 1.64. The molecule has 9 heteroatoms. The van der Waals surface area contributed by atoms with Crippen molar-refractivity contribution >= 4 is 28.9 Å². The van der Waals surface area contributed by atoms with Gasteiger partial charge in [-0.15, -0.1) is 0 Å². The lowest BCUT2D eigenvalue weighted by atomic mass is 10.2. The summed E-state index contributed by atoms with van der Waals surface area (Å²) in [6.45, 7) is 6.27. The van der Waals surface area contributed by atoms with Crippen molar-refractivity contribution in [2.24, 2.45) is 0 Å². The molecule has 0 saturated carbocycles. The topological polar surface area (TPSA) is 114 Å². The van der Waals surface area contributed by atoms with Crippen LogP contribution < -0.4 is 26.0 Å². The monoisotopic (exact) mass is 385 g/mol. The van der Waals surface area contributed by atoms with Crippen LogP contribution in [0.15, 0.2) is 18.2 Å². The molecule has 3 rings (SSSR count). The van der Waals surface area contributed by atoms with E-state index in [1.165, 1.54) is 12.0 Å². The minimum Gasteiger partial charge on any atom is -0.478 e. The van der Waals surface area contributed by atoms with Crippen molar-refractivity contribution in [2.75, 3.05) is 61.6 Å². The Kier molecular flexibility index (Phi) is 5.43. The molecule has 1 fully saturated rings. The van der Waals surface area contributed by atoms with Crippen LogP contribution in [0, 0.1) is 13.8 Å². The number of urea groups is 1. The van der Waals surface area contributed by atoms with Crippen LogP contribution in [0.4, 0.5) is 27.7 Å². The van der Waals surface area contributed by atoms with E-state index in [-0.39, 0.29) is 6.03 Å². The van der Waals surface area contributed by atoms with Crippen LogP contribution in [0.5, 0.6) is 5.88 Å². The number of hydrogen-bond acceptors (Lipinski definition) is 7. The number of aryl methyl sites for hydroxylation is 2. The minimum atomic E-state index is -0.136. The highest BCUT2D eigenvalue weighted by molar-refractivity contribution is 5.91. The fraction of sp³-hybridized carbons (Fsp3) is 0.421. The Labute approximate surface area is 164 Å². The van der Waals surface area contributed by atoms with Gasteiger partial charge in [-0.1, -0.05) is 0 Å². The summed E-state index contributed by atoms with van der Waals surface area (Å²) in [6, 6.07) is 5.39. The highest BCUT2D eigenvalue weighted by Crippen LogP contribution is 2.26. The molecule has 28 heavy (non-hydrogen) atoms. The van der Waals surface area contributed by atoms with Crippen molar-refractivity contribution in [3.05, 3.63) is 29.6 Å². The average molecular weight is 385 g/mol. The number of aromatic nitrogens is 2. The number of rotatable bonds is 3. The van der Waals surface area contributed by atoms with Crippen LogP contribution in [0.3, 0.4) is 0 Å². The molecule has 0 bridgehead atoms. The van der Waals surface area contributed by atoms with Crippen molar-refractivity contribution in [3.8, 4) is 5.88 Å². The summed E-state index contributed by atoms with van der Waals surface area (Å²) in [7, 11) is 3.21. The third kappa shape index (κ3) is 3.88. The number of piperazine rings is 1. The zero-order valence-corrected chi connectivity index (χ0v) is 16.8. The number of nitrogen functional groups attached to an aromatic ring is 2. The fourth-order valence-corrected chi connectivity index (χ4v) is 3.23. The molecule has 4 N–H and O–H groups in total. The van der Waals surface area contributed by atoms with Crippen LogP contribution in [0.1, 0.15) is 11.4 Å². The molecule has 0 atom stereocenters. The number of ether oxygens (including phenoxy) is 1. The number of amides is 2. The normalized spacial score (nSPS) is 14.1. The average Bonchev–Trinajstić information content (AvgIpc) is 2.68. The summed E-state index contributed by atoms with van der Waals surface area (Å²) in [4.78, 5) is 27.3. The number of methoxy groups -OCH3 is 1. The standard InChI is InChI=1S/C19H27N7O2/c1-12-13(2)23-18(28-4)17(22-12)24(3)19(27)26-7-5-25(6-8-26)16-10-14(20)9-15(21)11-16/h9-11H,5-8,20-21H2,1-4H3. The van der Waals surface area contributed by atoms with E-state index >= 15 is 0 Å². The van der Waals surface area contributed by atoms with E-state index in [9.17, 15) is 4.79 Å². The summed E-state index contributed by atoms with van der Waals surface area (Å²) in [5.41, 5.74) is 15.6. The first kappa shape index (κ1) is 19.5. The van der Waals surface area contributed by atoms with Crippen LogP contribution in [-0.2, 0) is 0 Å². The number of nitrogens with zero attached hydrogens (tertiary/aromatic N) is 5. The van der Waals surface area contributed by atoms with Gasteiger partial charge in [0.25, 0.3) is 5.88 Å². The Morgan fingerprint density at radius 2 is 1.61 bits per heavy atom. The number of benzene rings is 1. The zero-order chi connectivity index (χ0) is 20.4. The molecule has 0 unspecified atom stereocenters. The van der Waals surface area contributed by atoms with Crippen molar-refractivity contribution < 1.29 is 9.53 Å². The van der Waals surface area contributed by atoms with E-state index in [2.05, 4.69) is 14.9 Å². The second-order valence-corrected chi connectivity index (χ2v) is 6.90. The maximum atomic E-state index is 13.0. The summed E-state index contributed by atoms with van der Waals surface area (Å²) in [5, 5.41) is 0. The van der Waals surface area contributed by atoms with Crippen molar-refractivity contribution in [1.82, 2.24) is 14.9 Å². The zero-order valence-electron chi connectivity index (χ0n) is 16.8. The second kappa shape index (κ2) is 7.79. The minimum absolute atomic E-state index is 0.136. The summed E-state index contributed by atoms with van der Waals surface area (Å²) in [6.07, 6.45) is 0. The molecule has 9 nitrogen and oxygen atoms in total. The molecular formula is C19H27N7O2. The van der Waals surface area contributed by atoms with Gasteiger partial charge in [0.05, 0.1) is 18.5 Å². The number of anilines is 4. The Morgan fingerprint density at radius 1 is 1.04 bits per heavy atom. The van der Waals surface area contributed by atoms with E-state index in [1.807, 2.05) is 26.0 Å². The third-order valence-corrected chi connectivity index (χ3v) is 4.93. The molecule has 1 aliphatic rings. The fourth-order valence-electron chi connectivity index (χ4n) is 3.23. The first-order valence-corrected chi connectivity index (χ1v) is 9.13. The van der Waals surface area contributed by atoms with Gasteiger partial charge in [0.1, 0.15) is 0 Å². The van der Waals surface area contributed by atoms with Crippen molar-refractivity contribution in [3.63, 3.8) is 0 Å². The Balaban J connectivity index is 1.70. The van der Waals surface area contributed by atoms with Gasteiger partial charge in [0.15, 0.2) is 5.82 Å². The number of carbonyl (C=O) groups excluding carboxylic acids is 1. The van der Waals surface area contributed by atoms with Crippen molar-refractivity contribution in [1.29, 1.82) is 0 Å². The van der Waals surface area contributed by atoms with Gasteiger partial charge < -0.3 is 26.0 Å². The van der Waals surface area contributed by atoms with Gasteiger partial charge in [0.2, 0.25) is 0 Å². The van der Waals surface area contributed by atoms with Crippen LogP contribution in [-0.4, -0.2) is 61.2 Å². The van der Waals surface area contributed by atoms with Gasteiger partial charge in [0, 0.05) is 50.3 Å². The van der Waals surface area contributed by atoms with Gasteiger partial charge in [-0.3, -0.25) is 4.90 Å². The third-order valence-electron chi connectivity index (χ3n) is 4.93. The van der Waals surface area contributed by atoms with Crippen LogP contribution in [0.25, 0.3) is 0 Å². The molecular weight excluding hydrogens is 358 g/mol. The number of nitrogens with two attached hydrogens (primary N) is 2. The molecule has 2 aromatic rings. The van der Waals surface area contributed by atoms with E-state index in [0.29, 0.717) is 49.3 Å². The maximum absolute atomic E-state index is 13.0. The molecule has 1 saturated heterocycles. The van der Waals surface area contributed by atoms with Crippen LogP contribution >= 0.6 is 0 Å². The predicted molar refractivity (Wildman–Crippen MR) is 111 cm³/mol. The summed E-state index contributed by atoms with van der Waals surface area (Å²) >= 11 is 0. The molecule has 2 heterocycles. The van der Waals surface area contributed by atoms with E-state index in [0.717, 1.165) is 17.1 Å². The molecule has 0 radical (unpaired) electrons. The van der Waals surface area contributed by atoms with Gasteiger partial charge in [-0.2, -0.15) is 0 Å². The Morgan fingerprint density at radius 3 is 2.18 bits per heavy atom. The van der Waals surface area contributed by atoms with E-state index < -0.39 is 0 Å². The highest BCUT2D eigenvalue weighted by Gasteiger charge is 2.27. The van der Waals surface area contributed by atoms with Crippen molar-refractivity contribution in [2.45, 2.75) is 13.8 Å². The Hall–Kier alpha value is -3.23. The van der Waals surface area contributed by atoms with Gasteiger partial charge >= 0.3 is 6.03 Å². The van der Waals surface area contributed by atoms with Gasteiger partial charge in [-0.05, 0) is 32.0 Å². The highest BCUT2D eigenvalue weighted by atomic mass is 16.5. The molecule has 2 amide bonds. The molecule has 0 spiro atoms.